The molecule has 5 nitrogen and oxygen atoms in total. The van der Waals surface area contributed by atoms with Gasteiger partial charge in [0.05, 0.1) is 0 Å². The third kappa shape index (κ3) is 2.92. The molecule has 2 aromatic carbocycles. The molecule has 26 heavy (non-hydrogen) atoms. The van der Waals surface area contributed by atoms with E-state index in [0.29, 0.717) is 11.6 Å². The standard InChI is InChI=1S/C21H21N5/c1-13-9-10-17(11-15(13)3)23-19-12-16(4)22-21-24-20(25-26(19)21)18-8-6-5-7-14(18)2/h5-12,23H,1-4H3. The van der Waals surface area contributed by atoms with E-state index in [9.17, 15) is 0 Å². The second-order valence-electron chi connectivity index (χ2n) is 6.67. The van der Waals surface area contributed by atoms with Crippen LogP contribution in [-0.2, 0) is 0 Å². The van der Waals surface area contributed by atoms with Crippen molar-refractivity contribution in [3.63, 3.8) is 0 Å². The number of nitrogens with one attached hydrogen (secondary N) is 1. The molecule has 0 radical (unpaired) electrons. The van der Waals surface area contributed by atoms with Crippen LogP contribution in [0.5, 0.6) is 0 Å². The van der Waals surface area contributed by atoms with Gasteiger partial charge in [-0.25, -0.2) is 4.98 Å². The molecule has 0 fully saturated rings. The first-order valence-electron chi connectivity index (χ1n) is 8.66. The third-order valence-corrected chi connectivity index (χ3v) is 4.61. The van der Waals surface area contributed by atoms with E-state index in [0.717, 1.165) is 28.3 Å². The van der Waals surface area contributed by atoms with E-state index in [1.165, 1.54) is 11.1 Å². The molecule has 0 aliphatic carbocycles. The Morgan fingerprint density at radius 2 is 1.62 bits per heavy atom. The van der Waals surface area contributed by atoms with Gasteiger partial charge >= 0.3 is 0 Å². The van der Waals surface area contributed by atoms with Crippen LogP contribution >= 0.6 is 0 Å². The number of hydrogen-bond donors (Lipinski definition) is 1. The lowest BCUT2D eigenvalue weighted by Gasteiger charge is -2.10. The van der Waals surface area contributed by atoms with Crippen molar-refractivity contribution in [1.82, 2.24) is 19.6 Å². The molecule has 0 unspecified atom stereocenters. The smallest absolute Gasteiger partial charge is 0.254 e. The van der Waals surface area contributed by atoms with E-state index in [1.807, 2.05) is 31.2 Å². The lowest BCUT2D eigenvalue weighted by atomic mass is 10.1. The molecular formula is C21H21N5. The molecule has 2 heterocycles. The Kier molecular flexibility index (Phi) is 3.92. The molecule has 0 saturated heterocycles. The van der Waals surface area contributed by atoms with E-state index >= 15 is 0 Å². The highest BCUT2D eigenvalue weighted by Gasteiger charge is 2.13. The van der Waals surface area contributed by atoms with E-state index in [4.69, 9.17) is 5.10 Å². The average Bonchev–Trinajstić information content (AvgIpc) is 3.02. The first kappa shape index (κ1) is 16.3. The van der Waals surface area contributed by atoms with E-state index in [1.54, 1.807) is 4.52 Å². The van der Waals surface area contributed by atoms with E-state index in [-0.39, 0.29) is 0 Å². The Morgan fingerprint density at radius 1 is 0.808 bits per heavy atom. The Balaban J connectivity index is 1.82. The minimum Gasteiger partial charge on any atom is -0.340 e. The summed E-state index contributed by atoms with van der Waals surface area (Å²) in [5.74, 6) is 2.13. The summed E-state index contributed by atoms with van der Waals surface area (Å²) in [6, 6.07) is 16.4. The predicted molar refractivity (Wildman–Crippen MR) is 105 cm³/mol. The van der Waals surface area contributed by atoms with Crippen molar-refractivity contribution in [2.75, 3.05) is 5.32 Å². The van der Waals surface area contributed by atoms with E-state index in [2.05, 4.69) is 60.3 Å². The van der Waals surface area contributed by atoms with Crippen LogP contribution in [0.15, 0.2) is 48.5 Å². The topological polar surface area (TPSA) is 55.1 Å². The van der Waals surface area contributed by atoms with Crippen molar-refractivity contribution < 1.29 is 0 Å². The summed E-state index contributed by atoms with van der Waals surface area (Å²) < 4.78 is 1.77. The van der Waals surface area contributed by atoms with Gasteiger partial charge in [-0.2, -0.15) is 9.50 Å². The Hall–Kier alpha value is -3.21. The molecule has 4 rings (SSSR count). The quantitative estimate of drug-likeness (QED) is 0.582. The lowest BCUT2D eigenvalue weighted by Crippen LogP contribution is -2.03. The third-order valence-electron chi connectivity index (χ3n) is 4.61. The summed E-state index contributed by atoms with van der Waals surface area (Å²) in [4.78, 5) is 9.17. The van der Waals surface area contributed by atoms with Crippen LogP contribution in [-0.4, -0.2) is 19.6 Å². The van der Waals surface area contributed by atoms with Crippen LogP contribution in [0.3, 0.4) is 0 Å². The van der Waals surface area contributed by atoms with Crippen molar-refractivity contribution in [2.24, 2.45) is 0 Å². The summed E-state index contributed by atoms with van der Waals surface area (Å²) in [5, 5.41) is 8.16. The van der Waals surface area contributed by atoms with Gasteiger partial charge in [0.1, 0.15) is 5.82 Å². The molecule has 0 aliphatic rings. The molecule has 0 atom stereocenters. The monoisotopic (exact) mass is 343 g/mol. The first-order chi connectivity index (χ1) is 12.5. The molecule has 0 aliphatic heterocycles. The summed E-state index contributed by atoms with van der Waals surface area (Å²) in [7, 11) is 0. The van der Waals surface area contributed by atoms with Gasteiger partial charge in [-0.3, -0.25) is 0 Å². The van der Waals surface area contributed by atoms with Gasteiger partial charge in [-0.05, 0) is 56.5 Å². The predicted octanol–water partition coefficient (Wildman–Crippen LogP) is 4.77. The fourth-order valence-electron chi connectivity index (χ4n) is 2.98. The summed E-state index contributed by atoms with van der Waals surface area (Å²) >= 11 is 0. The van der Waals surface area contributed by atoms with Crippen LogP contribution in [0.4, 0.5) is 11.5 Å². The van der Waals surface area contributed by atoms with Crippen molar-refractivity contribution in [3.05, 3.63) is 70.9 Å². The van der Waals surface area contributed by atoms with Gasteiger partial charge in [0, 0.05) is 23.0 Å². The zero-order valence-corrected chi connectivity index (χ0v) is 15.4. The molecule has 5 heteroatoms. The molecule has 4 aromatic rings. The van der Waals surface area contributed by atoms with Crippen molar-refractivity contribution in [2.45, 2.75) is 27.7 Å². The second-order valence-corrected chi connectivity index (χ2v) is 6.67. The fraction of sp³-hybridized carbons (Fsp3) is 0.190. The van der Waals surface area contributed by atoms with Crippen LogP contribution in [0.2, 0.25) is 0 Å². The molecule has 0 saturated carbocycles. The summed E-state index contributed by atoms with van der Waals surface area (Å²) in [6.07, 6.45) is 0. The highest BCUT2D eigenvalue weighted by molar-refractivity contribution is 5.64. The number of aromatic nitrogens is 4. The largest absolute Gasteiger partial charge is 0.340 e. The second kappa shape index (κ2) is 6.26. The molecule has 0 amide bonds. The Morgan fingerprint density at radius 3 is 2.38 bits per heavy atom. The number of nitrogens with zero attached hydrogens (tertiary/aromatic N) is 4. The highest BCUT2D eigenvalue weighted by Crippen LogP contribution is 2.24. The van der Waals surface area contributed by atoms with Crippen LogP contribution < -0.4 is 5.32 Å². The van der Waals surface area contributed by atoms with Crippen molar-refractivity contribution in [1.29, 1.82) is 0 Å². The number of hydrogen-bond acceptors (Lipinski definition) is 4. The van der Waals surface area contributed by atoms with Crippen molar-refractivity contribution >= 4 is 17.3 Å². The minimum atomic E-state index is 0.592. The molecule has 0 spiro atoms. The maximum atomic E-state index is 4.70. The van der Waals surface area contributed by atoms with Crippen molar-refractivity contribution in [3.8, 4) is 11.4 Å². The van der Waals surface area contributed by atoms with Gasteiger partial charge in [0.25, 0.3) is 5.78 Å². The summed E-state index contributed by atoms with van der Waals surface area (Å²) in [6.45, 7) is 8.25. The number of benzene rings is 2. The lowest BCUT2D eigenvalue weighted by molar-refractivity contribution is 0.939. The van der Waals surface area contributed by atoms with Crippen LogP contribution in [0.25, 0.3) is 17.2 Å². The van der Waals surface area contributed by atoms with Gasteiger partial charge in [0.2, 0.25) is 0 Å². The zero-order chi connectivity index (χ0) is 18.3. The minimum absolute atomic E-state index is 0.592. The van der Waals surface area contributed by atoms with Gasteiger partial charge in [-0.15, -0.1) is 5.10 Å². The normalized spacial score (nSPS) is 11.1. The highest BCUT2D eigenvalue weighted by atomic mass is 15.4. The molecule has 2 aromatic heterocycles. The van der Waals surface area contributed by atoms with Crippen LogP contribution in [0.1, 0.15) is 22.4 Å². The van der Waals surface area contributed by atoms with Gasteiger partial charge in [0.15, 0.2) is 5.82 Å². The molecule has 130 valence electrons. The Bertz CT molecular complexity index is 1110. The Labute approximate surface area is 152 Å². The first-order valence-corrected chi connectivity index (χ1v) is 8.66. The number of aryl methyl sites for hydroxylation is 4. The molecule has 0 bridgehead atoms. The molecular weight excluding hydrogens is 322 g/mol. The number of rotatable bonds is 3. The fourth-order valence-corrected chi connectivity index (χ4v) is 2.98. The van der Waals surface area contributed by atoms with Gasteiger partial charge < -0.3 is 5.32 Å². The van der Waals surface area contributed by atoms with E-state index < -0.39 is 0 Å². The maximum Gasteiger partial charge on any atom is 0.254 e. The maximum absolute atomic E-state index is 4.70. The number of fused-ring (bicyclic) bond motifs is 1. The summed E-state index contributed by atoms with van der Waals surface area (Å²) in [5.41, 5.74) is 6.60. The average molecular weight is 343 g/mol. The SMILES string of the molecule is Cc1cc(Nc2ccc(C)c(C)c2)n2nc(-c3ccccc3C)nc2n1. The zero-order valence-electron chi connectivity index (χ0n) is 15.4. The number of anilines is 2. The van der Waals surface area contributed by atoms with Crippen LogP contribution in [0, 0.1) is 27.7 Å². The van der Waals surface area contributed by atoms with Gasteiger partial charge in [-0.1, -0.05) is 30.3 Å². The molecule has 1 N–H and O–H groups in total.